The minimum atomic E-state index is -1.11. The molecule has 4 rings (SSSR count). The first kappa shape index (κ1) is 21.0. The quantitative estimate of drug-likeness (QED) is 0.463. The summed E-state index contributed by atoms with van der Waals surface area (Å²) in [6.07, 6.45) is -1.11. The minimum absolute atomic E-state index is 0.131. The third-order valence-electron chi connectivity index (χ3n) is 5.18. The molecule has 32 heavy (non-hydrogen) atoms. The van der Waals surface area contributed by atoms with Crippen LogP contribution in [0, 0.1) is 6.92 Å². The largest absolute Gasteiger partial charge is 0.451 e. The third kappa shape index (κ3) is 3.89. The summed E-state index contributed by atoms with van der Waals surface area (Å²) in [5.74, 6) is -1.25. The highest BCUT2D eigenvalue weighted by atomic mass is 16.5. The zero-order chi connectivity index (χ0) is 22.8. The molecule has 1 atom stereocenters. The summed E-state index contributed by atoms with van der Waals surface area (Å²) < 4.78 is 9.77. The summed E-state index contributed by atoms with van der Waals surface area (Å²) >= 11 is 0. The van der Waals surface area contributed by atoms with Crippen molar-refractivity contribution in [3.8, 4) is 5.69 Å². The fraction of sp³-hybridized carbons (Fsp3) is 0.227. The molecule has 164 valence electrons. The van der Waals surface area contributed by atoms with E-state index in [0.29, 0.717) is 22.4 Å². The smallest absolute Gasteiger partial charge is 0.328 e. The first-order valence-electron chi connectivity index (χ1n) is 9.99. The summed E-state index contributed by atoms with van der Waals surface area (Å²) in [5, 5.41) is 10.5. The molecule has 1 amide bonds. The first-order valence-corrected chi connectivity index (χ1v) is 9.99. The highest BCUT2D eigenvalue weighted by Gasteiger charge is 2.23. The van der Waals surface area contributed by atoms with Gasteiger partial charge in [0.2, 0.25) is 0 Å². The van der Waals surface area contributed by atoms with Crippen LogP contribution in [0.4, 0.5) is 5.69 Å². The van der Waals surface area contributed by atoms with Crippen LogP contribution in [0.15, 0.2) is 59.4 Å². The number of benzene rings is 2. The SMILES string of the molecule is Cc1c(NC(=O)C(C)OC(=O)Cn2nnc3ccccc32)c(=O)n(-c2ccccc2)n1C. The average molecular weight is 434 g/mol. The lowest BCUT2D eigenvalue weighted by Crippen LogP contribution is -2.33. The van der Waals surface area contributed by atoms with Crippen molar-refractivity contribution >= 4 is 28.6 Å². The molecule has 10 nitrogen and oxygen atoms in total. The molecule has 0 saturated heterocycles. The van der Waals surface area contributed by atoms with Crippen LogP contribution in [0.5, 0.6) is 0 Å². The van der Waals surface area contributed by atoms with Crippen molar-refractivity contribution in [1.29, 1.82) is 0 Å². The fourth-order valence-electron chi connectivity index (χ4n) is 3.38. The predicted molar refractivity (Wildman–Crippen MR) is 117 cm³/mol. The fourth-order valence-corrected chi connectivity index (χ4v) is 3.38. The number of ether oxygens (including phenoxy) is 1. The number of rotatable bonds is 6. The molecule has 2 aromatic heterocycles. The van der Waals surface area contributed by atoms with Gasteiger partial charge in [-0.25, -0.2) is 9.36 Å². The van der Waals surface area contributed by atoms with Crippen molar-refractivity contribution in [2.24, 2.45) is 7.05 Å². The van der Waals surface area contributed by atoms with Crippen molar-refractivity contribution in [1.82, 2.24) is 24.4 Å². The number of carbonyl (C=O) groups excluding carboxylic acids is 2. The number of amides is 1. The van der Waals surface area contributed by atoms with Gasteiger partial charge in [0.15, 0.2) is 6.10 Å². The lowest BCUT2D eigenvalue weighted by atomic mass is 10.3. The maximum atomic E-state index is 12.9. The molecule has 0 spiro atoms. The highest BCUT2D eigenvalue weighted by Crippen LogP contribution is 2.15. The maximum absolute atomic E-state index is 12.9. The lowest BCUT2D eigenvalue weighted by molar-refractivity contribution is -0.153. The molecule has 1 N–H and O–H groups in total. The molecule has 1 unspecified atom stereocenters. The van der Waals surface area contributed by atoms with E-state index in [2.05, 4.69) is 15.6 Å². The number of nitrogens with zero attached hydrogens (tertiary/aromatic N) is 5. The second kappa shape index (κ2) is 8.50. The number of aromatic nitrogens is 5. The van der Waals surface area contributed by atoms with Gasteiger partial charge in [0.1, 0.15) is 17.7 Å². The van der Waals surface area contributed by atoms with E-state index in [9.17, 15) is 14.4 Å². The zero-order valence-electron chi connectivity index (χ0n) is 17.8. The number of esters is 1. The molecule has 2 heterocycles. The molecule has 2 aromatic carbocycles. The van der Waals surface area contributed by atoms with Crippen LogP contribution in [0.2, 0.25) is 0 Å². The molecule has 0 radical (unpaired) electrons. The second-order valence-electron chi connectivity index (χ2n) is 7.29. The number of fused-ring (bicyclic) bond motifs is 1. The number of hydrogen-bond acceptors (Lipinski definition) is 6. The van der Waals surface area contributed by atoms with Crippen LogP contribution in [-0.2, 0) is 27.9 Å². The Bertz CT molecular complexity index is 1350. The van der Waals surface area contributed by atoms with E-state index < -0.39 is 18.0 Å². The van der Waals surface area contributed by atoms with Gasteiger partial charge in [0.25, 0.3) is 11.5 Å². The van der Waals surface area contributed by atoms with Gasteiger partial charge in [0, 0.05) is 7.05 Å². The van der Waals surface area contributed by atoms with Crippen molar-refractivity contribution in [2.45, 2.75) is 26.5 Å². The van der Waals surface area contributed by atoms with Gasteiger partial charge < -0.3 is 10.1 Å². The molecule has 10 heteroatoms. The molecule has 0 aliphatic heterocycles. The summed E-state index contributed by atoms with van der Waals surface area (Å²) in [6, 6.07) is 16.3. The van der Waals surface area contributed by atoms with Crippen LogP contribution in [0.1, 0.15) is 12.6 Å². The Kier molecular flexibility index (Phi) is 5.59. The van der Waals surface area contributed by atoms with Crippen LogP contribution in [0.3, 0.4) is 0 Å². The Morgan fingerprint density at radius 1 is 1.09 bits per heavy atom. The van der Waals surface area contributed by atoms with Gasteiger partial charge in [-0.05, 0) is 38.1 Å². The van der Waals surface area contributed by atoms with Gasteiger partial charge in [-0.3, -0.25) is 19.1 Å². The summed E-state index contributed by atoms with van der Waals surface area (Å²) in [7, 11) is 1.73. The molecule has 0 aliphatic rings. The Morgan fingerprint density at radius 2 is 1.78 bits per heavy atom. The number of hydrogen-bond donors (Lipinski definition) is 1. The number of carbonyl (C=O) groups is 2. The number of para-hydroxylation sites is 2. The summed E-state index contributed by atoms with van der Waals surface area (Å²) in [6.45, 7) is 2.98. The molecular weight excluding hydrogens is 412 g/mol. The van der Waals surface area contributed by atoms with Gasteiger partial charge in [-0.2, -0.15) is 0 Å². The third-order valence-corrected chi connectivity index (χ3v) is 5.18. The van der Waals surface area contributed by atoms with E-state index in [1.54, 1.807) is 42.9 Å². The molecule has 0 bridgehead atoms. The van der Waals surface area contributed by atoms with E-state index in [1.165, 1.54) is 16.3 Å². The monoisotopic (exact) mass is 434 g/mol. The number of nitrogens with one attached hydrogen (secondary N) is 1. The average Bonchev–Trinajstić information content (AvgIpc) is 3.28. The van der Waals surface area contributed by atoms with E-state index in [-0.39, 0.29) is 17.8 Å². The van der Waals surface area contributed by atoms with Crippen molar-refractivity contribution in [3.63, 3.8) is 0 Å². The Hall–Kier alpha value is -4.21. The van der Waals surface area contributed by atoms with Gasteiger partial charge >= 0.3 is 5.97 Å². The normalized spacial score (nSPS) is 12.0. The van der Waals surface area contributed by atoms with Crippen LogP contribution >= 0.6 is 0 Å². The van der Waals surface area contributed by atoms with E-state index in [0.717, 1.165) is 0 Å². The van der Waals surface area contributed by atoms with Gasteiger partial charge in [-0.1, -0.05) is 35.5 Å². The maximum Gasteiger partial charge on any atom is 0.328 e. The van der Waals surface area contributed by atoms with Crippen LogP contribution in [0.25, 0.3) is 16.7 Å². The topological polar surface area (TPSA) is 113 Å². The molecule has 0 aliphatic carbocycles. The van der Waals surface area contributed by atoms with Gasteiger partial charge in [-0.15, -0.1) is 5.10 Å². The van der Waals surface area contributed by atoms with Crippen molar-refractivity contribution < 1.29 is 14.3 Å². The summed E-state index contributed by atoms with van der Waals surface area (Å²) in [4.78, 5) is 37.9. The first-order chi connectivity index (χ1) is 15.4. The summed E-state index contributed by atoms with van der Waals surface area (Å²) in [5.41, 5.74) is 2.33. The molecule has 4 aromatic rings. The molecular formula is C22H22N6O4. The van der Waals surface area contributed by atoms with E-state index >= 15 is 0 Å². The van der Waals surface area contributed by atoms with E-state index in [1.807, 2.05) is 30.3 Å². The zero-order valence-corrected chi connectivity index (χ0v) is 17.8. The van der Waals surface area contributed by atoms with Crippen molar-refractivity contribution in [3.05, 3.63) is 70.6 Å². The van der Waals surface area contributed by atoms with Crippen LogP contribution in [-0.4, -0.2) is 42.3 Å². The predicted octanol–water partition coefficient (Wildman–Crippen LogP) is 1.80. The Balaban J connectivity index is 1.46. The second-order valence-corrected chi connectivity index (χ2v) is 7.29. The highest BCUT2D eigenvalue weighted by molar-refractivity contribution is 5.95. The molecule has 0 fully saturated rings. The van der Waals surface area contributed by atoms with Crippen LogP contribution < -0.4 is 10.9 Å². The lowest BCUT2D eigenvalue weighted by Gasteiger charge is -2.13. The Morgan fingerprint density at radius 3 is 2.53 bits per heavy atom. The minimum Gasteiger partial charge on any atom is -0.451 e. The molecule has 0 saturated carbocycles. The van der Waals surface area contributed by atoms with Crippen molar-refractivity contribution in [2.75, 3.05) is 5.32 Å². The van der Waals surface area contributed by atoms with E-state index in [4.69, 9.17) is 4.74 Å². The standard InChI is InChI=1S/C22H22N6O4/c1-14-20(22(31)28(26(14)3)16-9-5-4-6-10-16)23-21(30)15(2)32-19(29)13-27-18-12-8-7-11-17(18)24-25-27/h4-12,15H,13H2,1-3H3,(H,23,30). The Labute approximate surface area is 183 Å². The van der Waals surface area contributed by atoms with Gasteiger partial charge in [0.05, 0.1) is 16.9 Å². The number of anilines is 1.